The molecule has 1 aliphatic heterocycles. The molecule has 0 radical (unpaired) electrons. The summed E-state index contributed by atoms with van der Waals surface area (Å²) in [6.07, 6.45) is 2.98. The van der Waals surface area contributed by atoms with E-state index < -0.39 is 0 Å². The van der Waals surface area contributed by atoms with Crippen molar-refractivity contribution in [1.82, 2.24) is 10.6 Å². The van der Waals surface area contributed by atoms with Crippen LogP contribution in [0.25, 0.3) is 0 Å². The fraction of sp³-hybridized carbons (Fsp3) is 0.727. The molecule has 86 valence electrons. The molecule has 0 spiro atoms. The Balaban J connectivity index is 2.10. The van der Waals surface area contributed by atoms with E-state index in [2.05, 4.69) is 24.1 Å². The first-order valence-corrected chi connectivity index (χ1v) is 6.61. The Hall–Kier alpha value is -0.480. The van der Waals surface area contributed by atoms with Gasteiger partial charge in [0.05, 0.1) is 6.04 Å². The number of nitrogens with one attached hydrogen (secondary N) is 2. The highest BCUT2D eigenvalue weighted by Gasteiger charge is 2.28. The van der Waals surface area contributed by atoms with E-state index in [-0.39, 0.29) is 11.9 Å². The minimum absolute atomic E-state index is 0.0226. The molecule has 0 aromatic rings. The molecule has 1 fully saturated rings. The molecule has 0 aromatic heterocycles. The largest absolute Gasteiger partial charge is 0.354 e. The van der Waals surface area contributed by atoms with Crippen LogP contribution in [-0.4, -0.2) is 36.5 Å². The third-order valence-corrected chi connectivity index (χ3v) is 3.56. The van der Waals surface area contributed by atoms with Crippen molar-refractivity contribution in [3.63, 3.8) is 0 Å². The van der Waals surface area contributed by atoms with Crippen LogP contribution >= 0.6 is 11.8 Å². The van der Waals surface area contributed by atoms with Crippen molar-refractivity contribution in [2.45, 2.75) is 19.4 Å². The maximum atomic E-state index is 11.7. The molecular formula is C11H20N2OS. The molecule has 3 nitrogen and oxygen atoms in total. The SMILES string of the molecule is C=CCSCCNC(=O)C1NCCC1C. The summed E-state index contributed by atoms with van der Waals surface area (Å²) in [6, 6.07) is 0.0226. The van der Waals surface area contributed by atoms with E-state index >= 15 is 0 Å². The maximum Gasteiger partial charge on any atom is 0.237 e. The second-order valence-electron chi connectivity index (χ2n) is 3.85. The van der Waals surface area contributed by atoms with Crippen LogP contribution in [0.2, 0.25) is 0 Å². The Morgan fingerprint density at radius 3 is 3.13 bits per heavy atom. The number of hydrogen-bond acceptors (Lipinski definition) is 3. The standard InChI is InChI=1S/C11H20N2OS/c1-3-7-15-8-6-13-11(14)10-9(2)4-5-12-10/h3,9-10,12H,1,4-8H2,2H3,(H,13,14). The Morgan fingerprint density at radius 2 is 2.53 bits per heavy atom. The van der Waals surface area contributed by atoms with Crippen LogP contribution in [0, 0.1) is 5.92 Å². The molecule has 2 atom stereocenters. The second-order valence-corrected chi connectivity index (χ2v) is 5.00. The van der Waals surface area contributed by atoms with Crippen LogP contribution in [0.4, 0.5) is 0 Å². The summed E-state index contributed by atoms with van der Waals surface area (Å²) >= 11 is 1.79. The number of carbonyl (C=O) groups excluding carboxylic acids is 1. The zero-order valence-electron chi connectivity index (χ0n) is 9.29. The third kappa shape index (κ3) is 4.26. The average molecular weight is 228 g/mol. The Labute approximate surface area is 96.1 Å². The van der Waals surface area contributed by atoms with Crippen molar-refractivity contribution in [2.75, 3.05) is 24.6 Å². The second kappa shape index (κ2) is 6.90. The summed E-state index contributed by atoms with van der Waals surface area (Å²) in [5.41, 5.74) is 0. The van der Waals surface area contributed by atoms with Gasteiger partial charge >= 0.3 is 0 Å². The molecule has 1 rings (SSSR count). The van der Waals surface area contributed by atoms with Crippen molar-refractivity contribution in [3.05, 3.63) is 12.7 Å². The van der Waals surface area contributed by atoms with Gasteiger partial charge in [0.15, 0.2) is 0 Å². The lowest BCUT2D eigenvalue weighted by Gasteiger charge is -2.15. The summed E-state index contributed by atoms with van der Waals surface area (Å²) in [4.78, 5) is 11.7. The van der Waals surface area contributed by atoms with E-state index in [1.165, 1.54) is 0 Å². The van der Waals surface area contributed by atoms with Gasteiger partial charge in [-0.25, -0.2) is 0 Å². The lowest BCUT2D eigenvalue weighted by molar-refractivity contribution is -0.123. The van der Waals surface area contributed by atoms with Gasteiger partial charge in [0.2, 0.25) is 5.91 Å². The summed E-state index contributed by atoms with van der Waals surface area (Å²) < 4.78 is 0. The number of thioether (sulfide) groups is 1. The van der Waals surface area contributed by atoms with Crippen molar-refractivity contribution in [1.29, 1.82) is 0 Å². The van der Waals surface area contributed by atoms with E-state index in [0.29, 0.717) is 5.92 Å². The predicted octanol–water partition coefficient (Wildman–Crippen LogP) is 1.02. The summed E-state index contributed by atoms with van der Waals surface area (Å²) in [6.45, 7) is 7.48. The highest BCUT2D eigenvalue weighted by molar-refractivity contribution is 7.99. The van der Waals surface area contributed by atoms with Gasteiger partial charge < -0.3 is 10.6 Å². The zero-order valence-corrected chi connectivity index (χ0v) is 10.1. The van der Waals surface area contributed by atoms with Crippen LogP contribution in [0.15, 0.2) is 12.7 Å². The van der Waals surface area contributed by atoms with Gasteiger partial charge in [0.25, 0.3) is 0 Å². The Morgan fingerprint density at radius 1 is 1.73 bits per heavy atom. The highest BCUT2D eigenvalue weighted by Crippen LogP contribution is 2.14. The first kappa shape index (κ1) is 12.6. The molecule has 0 bridgehead atoms. The lowest BCUT2D eigenvalue weighted by atomic mass is 10.0. The van der Waals surface area contributed by atoms with Crippen molar-refractivity contribution in [3.8, 4) is 0 Å². The third-order valence-electron chi connectivity index (χ3n) is 2.60. The predicted molar refractivity (Wildman–Crippen MR) is 66.1 cm³/mol. The smallest absolute Gasteiger partial charge is 0.237 e. The average Bonchev–Trinajstić information content (AvgIpc) is 2.64. The number of hydrogen-bond donors (Lipinski definition) is 2. The molecule has 1 heterocycles. The molecule has 1 amide bonds. The molecule has 0 saturated carbocycles. The number of carbonyl (C=O) groups is 1. The number of rotatable bonds is 6. The van der Waals surface area contributed by atoms with E-state index in [4.69, 9.17) is 0 Å². The molecule has 15 heavy (non-hydrogen) atoms. The van der Waals surface area contributed by atoms with E-state index in [1.54, 1.807) is 11.8 Å². The van der Waals surface area contributed by atoms with Crippen molar-refractivity contribution >= 4 is 17.7 Å². The normalized spacial score (nSPS) is 25.1. The maximum absolute atomic E-state index is 11.7. The van der Waals surface area contributed by atoms with Crippen LogP contribution in [-0.2, 0) is 4.79 Å². The quantitative estimate of drug-likeness (QED) is 0.527. The summed E-state index contributed by atoms with van der Waals surface area (Å²) in [7, 11) is 0. The Bertz CT molecular complexity index is 221. The first-order valence-electron chi connectivity index (χ1n) is 5.45. The fourth-order valence-electron chi connectivity index (χ4n) is 1.71. The van der Waals surface area contributed by atoms with E-state index in [9.17, 15) is 4.79 Å². The van der Waals surface area contributed by atoms with Crippen LogP contribution in [0.1, 0.15) is 13.3 Å². The van der Waals surface area contributed by atoms with Crippen molar-refractivity contribution < 1.29 is 4.79 Å². The highest BCUT2D eigenvalue weighted by atomic mass is 32.2. The molecule has 0 aromatic carbocycles. The van der Waals surface area contributed by atoms with Gasteiger partial charge in [0.1, 0.15) is 0 Å². The van der Waals surface area contributed by atoms with Gasteiger partial charge in [-0.05, 0) is 18.9 Å². The monoisotopic (exact) mass is 228 g/mol. The van der Waals surface area contributed by atoms with E-state index in [0.717, 1.165) is 31.0 Å². The molecule has 1 saturated heterocycles. The van der Waals surface area contributed by atoms with Crippen LogP contribution < -0.4 is 10.6 Å². The van der Waals surface area contributed by atoms with E-state index in [1.807, 2.05) is 6.08 Å². The molecular weight excluding hydrogens is 208 g/mol. The summed E-state index contributed by atoms with van der Waals surface area (Å²) in [5, 5.41) is 6.18. The summed E-state index contributed by atoms with van der Waals surface area (Å²) in [5.74, 6) is 2.53. The van der Waals surface area contributed by atoms with Gasteiger partial charge in [-0.2, -0.15) is 11.8 Å². The molecule has 0 aliphatic carbocycles. The minimum Gasteiger partial charge on any atom is -0.354 e. The lowest BCUT2D eigenvalue weighted by Crippen LogP contribution is -2.43. The number of amides is 1. The van der Waals surface area contributed by atoms with Gasteiger partial charge in [-0.15, -0.1) is 6.58 Å². The Kier molecular flexibility index (Phi) is 5.79. The van der Waals surface area contributed by atoms with Crippen LogP contribution in [0.3, 0.4) is 0 Å². The van der Waals surface area contributed by atoms with Crippen LogP contribution in [0.5, 0.6) is 0 Å². The zero-order chi connectivity index (χ0) is 11.1. The van der Waals surface area contributed by atoms with Gasteiger partial charge in [-0.3, -0.25) is 4.79 Å². The first-order chi connectivity index (χ1) is 7.25. The molecule has 2 unspecified atom stereocenters. The molecule has 4 heteroatoms. The topological polar surface area (TPSA) is 41.1 Å². The molecule has 2 N–H and O–H groups in total. The molecule has 1 aliphatic rings. The minimum atomic E-state index is 0.0226. The van der Waals surface area contributed by atoms with Gasteiger partial charge in [-0.1, -0.05) is 13.0 Å². The van der Waals surface area contributed by atoms with Crippen molar-refractivity contribution in [2.24, 2.45) is 5.92 Å². The van der Waals surface area contributed by atoms with Gasteiger partial charge in [0, 0.05) is 18.1 Å². The fourth-order valence-corrected chi connectivity index (χ4v) is 2.29.